The minimum atomic E-state index is -3.66. The minimum Gasteiger partial charge on any atom is -0.481 e. The van der Waals surface area contributed by atoms with Crippen LogP contribution in [0.4, 0.5) is 5.69 Å². The van der Waals surface area contributed by atoms with Gasteiger partial charge in [-0.15, -0.1) is 0 Å². The standard InChI is InChI=1S/C25H32ClN3O4S/c1-28(2)22-12-8-19(9-13-22)17-29-18-21(16-23(29)6-4-3-5-7-25(30)31)27-34(32,33)24-14-10-20(26)11-15-24/h4,6,8-15,21,23,27H,3,5,7,16-18H2,1-2H3,(H,30,31)/t21-,23-/m1/s1. The van der Waals surface area contributed by atoms with Crippen molar-refractivity contribution in [2.24, 2.45) is 0 Å². The number of rotatable bonds is 11. The molecular formula is C25H32ClN3O4S. The highest BCUT2D eigenvalue weighted by Gasteiger charge is 2.33. The lowest BCUT2D eigenvalue weighted by atomic mass is 10.1. The molecule has 0 aromatic heterocycles. The summed E-state index contributed by atoms with van der Waals surface area (Å²) in [6.45, 7) is 1.27. The zero-order valence-electron chi connectivity index (χ0n) is 19.5. The van der Waals surface area contributed by atoms with E-state index in [-0.39, 0.29) is 23.4 Å². The average Bonchev–Trinajstić information content (AvgIpc) is 3.14. The molecule has 0 saturated carbocycles. The van der Waals surface area contributed by atoms with Crippen molar-refractivity contribution in [1.29, 1.82) is 0 Å². The van der Waals surface area contributed by atoms with Crippen LogP contribution in [0.25, 0.3) is 0 Å². The molecule has 34 heavy (non-hydrogen) atoms. The van der Waals surface area contributed by atoms with Crippen LogP contribution in [0.1, 0.15) is 31.2 Å². The van der Waals surface area contributed by atoms with E-state index in [9.17, 15) is 13.2 Å². The number of unbranched alkanes of at least 4 members (excludes halogenated alkanes) is 1. The van der Waals surface area contributed by atoms with E-state index in [1.807, 2.05) is 25.1 Å². The summed E-state index contributed by atoms with van der Waals surface area (Å²) >= 11 is 5.90. The summed E-state index contributed by atoms with van der Waals surface area (Å²) < 4.78 is 28.6. The molecule has 9 heteroatoms. The van der Waals surface area contributed by atoms with Crippen LogP contribution in [0.2, 0.25) is 5.02 Å². The molecule has 0 unspecified atom stereocenters. The largest absolute Gasteiger partial charge is 0.481 e. The first-order valence-electron chi connectivity index (χ1n) is 11.3. The zero-order chi connectivity index (χ0) is 24.7. The zero-order valence-corrected chi connectivity index (χ0v) is 21.1. The third-order valence-electron chi connectivity index (χ3n) is 5.85. The van der Waals surface area contributed by atoms with Gasteiger partial charge in [-0.05, 0) is 61.2 Å². The Morgan fingerprint density at radius 1 is 1.18 bits per heavy atom. The van der Waals surface area contributed by atoms with E-state index in [0.717, 1.165) is 11.3 Å². The van der Waals surface area contributed by atoms with Gasteiger partial charge < -0.3 is 10.0 Å². The molecule has 2 atom stereocenters. The van der Waals surface area contributed by atoms with Crippen LogP contribution >= 0.6 is 11.6 Å². The van der Waals surface area contributed by atoms with Gasteiger partial charge in [-0.25, -0.2) is 13.1 Å². The van der Waals surface area contributed by atoms with E-state index in [1.165, 1.54) is 12.1 Å². The van der Waals surface area contributed by atoms with Crippen molar-refractivity contribution in [3.8, 4) is 0 Å². The maximum atomic E-state index is 12.9. The number of aliphatic carboxylic acids is 1. The fourth-order valence-corrected chi connectivity index (χ4v) is 5.43. The van der Waals surface area contributed by atoms with E-state index in [1.54, 1.807) is 12.1 Å². The van der Waals surface area contributed by atoms with Crippen molar-refractivity contribution in [2.45, 2.75) is 49.2 Å². The van der Waals surface area contributed by atoms with E-state index in [2.05, 4.69) is 40.0 Å². The normalized spacial score (nSPS) is 19.0. The number of carboxylic acids is 1. The summed E-state index contributed by atoms with van der Waals surface area (Å²) in [7, 11) is 0.332. The second-order valence-electron chi connectivity index (χ2n) is 8.78. The van der Waals surface area contributed by atoms with Crippen molar-refractivity contribution < 1.29 is 18.3 Å². The van der Waals surface area contributed by atoms with Gasteiger partial charge in [0.25, 0.3) is 0 Å². The molecule has 7 nitrogen and oxygen atoms in total. The fourth-order valence-electron chi connectivity index (χ4n) is 4.06. The van der Waals surface area contributed by atoms with Crippen LogP contribution in [0.5, 0.6) is 0 Å². The van der Waals surface area contributed by atoms with Crippen molar-refractivity contribution in [2.75, 3.05) is 25.5 Å². The molecule has 0 aliphatic carbocycles. The van der Waals surface area contributed by atoms with Gasteiger partial charge in [0.05, 0.1) is 4.90 Å². The number of allylic oxidation sites excluding steroid dienone is 1. The first-order valence-corrected chi connectivity index (χ1v) is 13.2. The molecule has 1 aliphatic rings. The minimum absolute atomic E-state index is 0.0521. The van der Waals surface area contributed by atoms with Gasteiger partial charge in [0.2, 0.25) is 10.0 Å². The Morgan fingerprint density at radius 2 is 1.85 bits per heavy atom. The predicted molar refractivity (Wildman–Crippen MR) is 136 cm³/mol. The number of nitrogens with zero attached hydrogens (tertiary/aromatic N) is 2. The molecule has 1 saturated heterocycles. The van der Waals surface area contributed by atoms with Gasteiger partial charge in [0.15, 0.2) is 0 Å². The fraction of sp³-hybridized carbons (Fsp3) is 0.400. The molecule has 2 N–H and O–H groups in total. The van der Waals surface area contributed by atoms with E-state index in [0.29, 0.717) is 37.4 Å². The molecule has 2 aromatic carbocycles. The van der Waals surface area contributed by atoms with Gasteiger partial charge >= 0.3 is 5.97 Å². The third kappa shape index (κ3) is 7.56. The number of benzene rings is 2. The maximum absolute atomic E-state index is 12.9. The molecule has 2 aromatic rings. The number of nitrogens with one attached hydrogen (secondary N) is 1. The van der Waals surface area contributed by atoms with Crippen LogP contribution in [-0.4, -0.2) is 57.1 Å². The van der Waals surface area contributed by atoms with E-state index < -0.39 is 16.0 Å². The van der Waals surface area contributed by atoms with Gasteiger partial charge in [-0.2, -0.15) is 0 Å². The number of anilines is 1. The predicted octanol–water partition coefficient (Wildman–Crippen LogP) is 4.14. The number of hydrogen-bond acceptors (Lipinski definition) is 5. The second kappa shape index (κ2) is 11.8. The smallest absolute Gasteiger partial charge is 0.303 e. The number of halogens is 1. The third-order valence-corrected chi connectivity index (χ3v) is 7.64. The highest BCUT2D eigenvalue weighted by molar-refractivity contribution is 7.89. The summed E-state index contributed by atoms with van der Waals surface area (Å²) in [5, 5.41) is 9.31. The van der Waals surface area contributed by atoms with Crippen LogP contribution in [0, 0.1) is 0 Å². The SMILES string of the molecule is CN(C)c1ccc(CN2C[C@H](NS(=O)(=O)c3ccc(Cl)cc3)C[C@H]2C=CCCCC(=O)O)cc1. The Kier molecular flexibility index (Phi) is 9.13. The number of likely N-dealkylation sites (tertiary alicyclic amines) is 1. The average molecular weight is 506 g/mol. The van der Waals surface area contributed by atoms with E-state index in [4.69, 9.17) is 16.7 Å². The van der Waals surface area contributed by atoms with Crippen molar-refractivity contribution >= 4 is 33.3 Å². The first kappa shape index (κ1) is 26.2. The number of sulfonamides is 1. The molecule has 0 bridgehead atoms. The van der Waals surface area contributed by atoms with Crippen LogP contribution in [-0.2, 0) is 21.4 Å². The Bertz CT molecular complexity index is 1090. The van der Waals surface area contributed by atoms with E-state index >= 15 is 0 Å². The number of hydrogen-bond donors (Lipinski definition) is 2. The molecule has 1 fully saturated rings. The molecule has 1 heterocycles. The van der Waals surface area contributed by atoms with Crippen LogP contribution < -0.4 is 9.62 Å². The van der Waals surface area contributed by atoms with Crippen molar-refractivity contribution in [3.05, 3.63) is 71.3 Å². The Morgan fingerprint density at radius 3 is 2.47 bits per heavy atom. The molecular weight excluding hydrogens is 474 g/mol. The van der Waals surface area contributed by atoms with Crippen molar-refractivity contribution in [1.82, 2.24) is 9.62 Å². The van der Waals surface area contributed by atoms with Gasteiger partial charge in [-0.3, -0.25) is 9.69 Å². The lowest BCUT2D eigenvalue weighted by Crippen LogP contribution is -2.37. The Labute approximate surface area is 207 Å². The number of carboxylic acid groups (broad SMARTS) is 1. The van der Waals surface area contributed by atoms with Gasteiger partial charge in [-0.1, -0.05) is 35.9 Å². The monoisotopic (exact) mass is 505 g/mol. The number of carbonyl (C=O) groups is 1. The summed E-state index contributed by atoms with van der Waals surface area (Å²) in [6, 6.07) is 14.3. The first-order chi connectivity index (χ1) is 16.1. The topological polar surface area (TPSA) is 90.0 Å². The van der Waals surface area contributed by atoms with Crippen LogP contribution in [0.3, 0.4) is 0 Å². The highest BCUT2D eigenvalue weighted by atomic mass is 35.5. The summed E-state index contributed by atoms with van der Waals surface area (Å²) in [6.07, 6.45) is 6.11. The molecule has 184 valence electrons. The molecule has 0 spiro atoms. The van der Waals surface area contributed by atoms with Gasteiger partial charge in [0, 0.05) is 56.4 Å². The van der Waals surface area contributed by atoms with Crippen molar-refractivity contribution in [3.63, 3.8) is 0 Å². The molecule has 0 amide bonds. The Balaban J connectivity index is 1.70. The van der Waals surface area contributed by atoms with Crippen LogP contribution in [0.15, 0.2) is 65.6 Å². The molecule has 3 rings (SSSR count). The summed E-state index contributed by atoms with van der Waals surface area (Å²) in [5.41, 5.74) is 2.27. The molecule has 1 aliphatic heterocycles. The quantitative estimate of drug-likeness (QED) is 0.352. The molecule has 0 radical (unpaired) electrons. The lowest BCUT2D eigenvalue weighted by molar-refractivity contribution is -0.137. The highest BCUT2D eigenvalue weighted by Crippen LogP contribution is 2.25. The van der Waals surface area contributed by atoms with Gasteiger partial charge in [0.1, 0.15) is 0 Å². The summed E-state index contributed by atoms with van der Waals surface area (Å²) in [4.78, 5) is 15.2. The second-order valence-corrected chi connectivity index (χ2v) is 10.9. The maximum Gasteiger partial charge on any atom is 0.303 e. The summed E-state index contributed by atoms with van der Waals surface area (Å²) in [5.74, 6) is -0.797. The Hall–Kier alpha value is -2.39. The lowest BCUT2D eigenvalue weighted by Gasteiger charge is -2.22.